The molecule has 0 fully saturated rings. The van der Waals surface area contributed by atoms with Crippen LogP contribution in [0.4, 0.5) is 5.95 Å². The van der Waals surface area contributed by atoms with Crippen molar-refractivity contribution in [1.82, 2.24) is 24.6 Å². The summed E-state index contributed by atoms with van der Waals surface area (Å²) in [5, 5.41) is 5.86. The van der Waals surface area contributed by atoms with Crippen LogP contribution >= 0.6 is 11.8 Å². The van der Waals surface area contributed by atoms with Crippen LogP contribution in [0.2, 0.25) is 0 Å². The Balaban J connectivity index is 1.91. The van der Waals surface area contributed by atoms with Crippen LogP contribution in [0.25, 0.3) is 28.3 Å². The lowest BCUT2D eigenvalue weighted by Gasteiger charge is -1.97. The van der Waals surface area contributed by atoms with Crippen molar-refractivity contribution in [1.29, 1.82) is 0 Å². The highest BCUT2D eigenvalue weighted by atomic mass is 32.2. The fraction of sp³-hybridized carbons (Fsp3) is 0.0769. The molecule has 1 aromatic carbocycles. The van der Waals surface area contributed by atoms with E-state index < -0.39 is 0 Å². The van der Waals surface area contributed by atoms with Crippen molar-refractivity contribution in [3.05, 3.63) is 30.3 Å². The highest BCUT2D eigenvalue weighted by Crippen LogP contribution is 2.26. The summed E-state index contributed by atoms with van der Waals surface area (Å²) in [4.78, 5) is 12.8. The van der Waals surface area contributed by atoms with Gasteiger partial charge in [-0.1, -0.05) is 30.0 Å². The van der Waals surface area contributed by atoms with E-state index >= 15 is 0 Å². The molecule has 7 nitrogen and oxygen atoms in total. The summed E-state index contributed by atoms with van der Waals surface area (Å²) in [6.45, 7) is 0. The molecule has 0 aliphatic heterocycles. The van der Waals surface area contributed by atoms with Gasteiger partial charge in [0.1, 0.15) is 5.58 Å². The molecule has 8 heteroatoms. The zero-order valence-electron chi connectivity index (χ0n) is 11.0. The SMILES string of the molecule is CSc1nc(N)n2nc(-c3cc4ccccc4o3)nc2n1. The molecule has 0 amide bonds. The number of nitrogen functional groups attached to an aromatic ring is 1. The topological polar surface area (TPSA) is 95.1 Å². The van der Waals surface area contributed by atoms with E-state index in [1.54, 1.807) is 0 Å². The largest absolute Gasteiger partial charge is 0.453 e. The molecule has 4 rings (SSSR count). The minimum atomic E-state index is 0.249. The number of benzene rings is 1. The summed E-state index contributed by atoms with van der Waals surface area (Å²) in [7, 11) is 0. The molecule has 0 unspecified atom stereocenters. The maximum atomic E-state index is 5.86. The molecular formula is C13H10N6OS. The highest BCUT2D eigenvalue weighted by Gasteiger charge is 2.15. The first-order valence-electron chi connectivity index (χ1n) is 6.18. The molecule has 0 aliphatic carbocycles. The molecule has 0 bridgehead atoms. The molecule has 21 heavy (non-hydrogen) atoms. The Morgan fingerprint density at radius 1 is 1.19 bits per heavy atom. The molecule has 0 spiro atoms. The van der Waals surface area contributed by atoms with E-state index in [9.17, 15) is 0 Å². The van der Waals surface area contributed by atoms with Gasteiger partial charge in [-0.15, -0.1) is 5.10 Å². The Morgan fingerprint density at radius 2 is 2.05 bits per heavy atom. The van der Waals surface area contributed by atoms with Gasteiger partial charge in [-0.05, 0) is 18.4 Å². The molecule has 0 saturated heterocycles. The average molecular weight is 298 g/mol. The van der Waals surface area contributed by atoms with E-state index in [4.69, 9.17) is 10.2 Å². The van der Waals surface area contributed by atoms with Gasteiger partial charge < -0.3 is 10.2 Å². The van der Waals surface area contributed by atoms with Crippen LogP contribution in [0, 0.1) is 0 Å². The Morgan fingerprint density at radius 3 is 2.86 bits per heavy atom. The molecule has 0 atom stereocenters. The third-order valence-electron chi connectivity index (χ3n) is 3.04. The van der Waals surface area contributed by atoms with Gasteiger partial charge in [-0.2, -0.15) is 19.5 Å². The van der Waals surface area contributed by atoms with Crippen LogP contribution < -0.4 is 5.73 Å². The Hall–Kier alpha value is -2.61. The van der Waals surface area contributed by atoms with Crippen molar-refractivity contribution in [2.45, 2.75) is 5.16 Å². The van der Waals surface area contributed by atoms with Crippen molar-refractivity contribution < 1.29 is 4.42 Å². The number of thioether (sulfide) groups is 1. The Kier molecular flexibility index (Phi) is 2.58. The third kappa shape index (κ3) is 1.91. The van der Waals surface area contributed by atoms with Crippen LogP contribution in [0.3, 0.4) is 0 Å². The number of nitrogens with zero attached hydrogens (tertiary/aromatic N) is 5. The lowest BCUT2D eigenvalue weighted by atomic mass is 10.2. The number of hydrogen-bond acceptors (Lipinski definition) is 7. The molecule has 0 aliphatic rings. The van der Waals surface area contributed by atoms with Gasteiger partial charge in [0.05, 0.1) is 0 Å². The predicted octanol–water partition coefficient (Wildman–Crippen LogP) is 2.24. The van der Waals surface area contributed by atoms with Crippen LogP contribution in [0.1, 0.15) is 0 Å². The van der Waals surface area contributed by atoms with Gasteiger partial charge in [-0.25, -0.2) is 0 Å². The fourth-order valence-electron chi connectivity index (χ4n) is 2.07. The predicted molar refractivity (Wildman–Crippen MR) is 80.0 cm³/mol. The van der Waals surface area contributed by atoms with Gasteiger partial charge in [0.2, 0.25) is 11.8 Å². The molecule has 0 radical (unpaired) electrons. The van der Waals surface area contributed by atoms with E-state index in [2.05, 4.69) is 20.1 Å². The zero-order chi connectivity index (χ0) is 14.4. The molecule has 0 saturated carbocycles. The second kappa shape index (κ2) is 4.45. The minimum absolute atomic E-state index is 0.249. The van der Waals surface area contributed by atoms with Crippen LogP contribution in [-0.2, 0) is 0 Å². The van der Waals surface area contributed by atoms with Gasteiger partial charge >= 0.3 is 0 Å². The summed E-state index contributed by atoms with van der Waals surface area (Å²) >= 11 is 1.40. The maximum absolute atomic E-state index is 5.86. The first kappa shape index (κ1) is 12.2. The summed E-state index contributed by atoms with van der Waals surface area (Å²) in [5.74, 6) is 1.67. The normalized spacial score (nSPS) is 11.5. The molecule has 4 aromatic rings. The Bertz CT molecular complexity index is 927. The van der Waals surface area contributed by atoms with Gasteiger partial charge in [-0.3, -0.25) is 0 Å². The summed E-state index contributed by atoms with van der Waals surface area (Å²) in [6, 6.07) is 9.63. The number of aromatic nitrogens is 5. The Labute approximate surface area is 123 Å². The third-order valence-corrected chi connectivity index (χ3v) is 3.59. The van der Waals surface area contributed by atoms with E-state index in [1.165, 1.54) is 16.3 Å². The standard InChI is InChI=1S/C13H10N6OS/c1-21-13-16-11(14)19-12(17-13)15-10(18-19)9-6-7-4-2-3-5-8(7)20-9/h2-6H,1H3,(H2,14,15,16,17,18). The number of rotatable bonds is 2. The van der Waals surface area contributed by atoms with E-state index in [1.807, 2.05) is 36.6 Å². The van der Waals surface area contributed by atoms with Gasteiger partial charge in [0, 0.05) is 5.39 Å². The second-order valence-corrected chi connectivity index (χ2v) is 5.14. The first-order valence-corrected chi connectivity index (χ1v) is 7.40. The number of furan rings is 1. The van der Waals surface area contributed by atoms with Crippen LogP contribution in [0.15, 0.2) is 39.9 Å². The zero-order valence-corrected chi connectivity index (χ0v) is 11.8. The molecule has 2 N–H and O–H groups in total. The number of anilines is 1. The molecule has 3 heterocycles. The quantitative estimate of drug-likeness (QED) is 0.567. The first-order chi connectivity index (χ1) is 10.2. The van der Waals surface area contributed by atoms with E-state index in [0.717, 1.165) is 11.0 Å². The van der Waals surface area contributed by atoms with Gasteiger partial charge in [0.15, 0.2) is 10.9 Å². The summed E-state index contributed by atoms with van der Waals surface area (Å²) < 4.78 is 7.15. The van der Waals surface area contributed by atoms with Crippen molar-refractivity contribution in [2.75, 3.05) is 12.0 Å². The monoisotopic (exact) mass is 298 g/mol. The minimum Gasteiger partial charge on any atom is -0.453 e. The fourth-order valence-corrected chi connectivity index (χ4v) is 2.43. The highest BCUT2D eigenvalue weighted by molar-refractivity contribution is 7.98. The van der Waals surface area contributed by atoms with Crippen molar-refractivity contribution >= 4 is 34.5 Å². The molecule has 3 aromatic heterocycles. The van der Waals surface area contributed by atoms with Crippen molar-refractivity contribution in [2.24, 2.45) is 0 Å². The van der Waals surface area contributed by atoms with Crippen molar-refractivity contribution in [3.8, 4) is 11.6 Å². The van der Waals surface area contributed by atoms with E-state index in [-0.39, 0.29) is 5.95 Å². The number of fused-ring (bicyclic) bond motifs is 2. The number of hydrogen-bond donors (Lipinski definition) is 1. The molecular weight excluding hydrogens is 288 g/mol. The average Bonchev–Trinajstić information content (AvgIpc) is 3.10. The smallest absolute Gasteiger partial charge is 0.258 e. The second-order valence-electron chi connectivity index (χ2n) is 4.36. The summed E-state index contributed by atoms with van der Waals surface area (Å²) in [6.07, 6.45) is 1.88. The number of para-hydroxylation sites is 1. The van der Waals surface area contributed by atoms with Crippen LogP contribution in [0.5, 0.6) is 0 Å². The van der Waals surface area contributed by atoms with E-state index in [0.29, 0.717) is 22.5 Å². The lowest BCUT2D eigenvalue weighted by Crippen LogP contribution is -2.04. The van der Waals surface area contributed by atoms with Crippen molar-refractivity contribution in [3.63, 3.8) is 0 Å². The lowest BCUT2D eigenvalue weighted by molar-refractivity contribution is 0.625. The van der Waals surface area contributed by atoms with Crippen LogP contribution in [-0.4, -0.2) is 30.8 Å². The summed E-state index contributed by atoms with van der Waals surface area (Å²) in [5.41, 5.74) is 6.65. The maximum Gasteiger partial charge on any atom is 0.258 e. The number of nitrogens with two attached hydrogens (primary N) is 1. The van der Waals surface area contributed by atoms with Gasteiger partial charge in [0.25, 0.3) is 5.78 Å². The molecule has 104 valence electrons.